The van der Waals surface area contributed by atoms with E-state index in [1.165, 1.54) is 5.69 Å². The van der Waals surface area contributed by atoms with Gasteiger partial charge in [0.2, 0.25) is 0 Å². The highest BCUT2D eigenvalue weighted by Gasteiger charge is 2.23. The van der Waals surface area contributed by atoms with Gasteiger partial charge in [0.1, 0.15) is 12.2 Å². The van der Waals surface area contributed by atoms with Gasteiger partial charge in [0.15, 0.2) is 0 Å². The van der Waals surface area contributed by atoms with E-state index in [0.717, 1.165) is 55.3 Å². The van der Waals surface area contributed by atoms with E-state index in [9.17, 15) is 0 Å². The van der Waals surface area contributed by atoms with Crippen LogP contribution in [-0.2, 0) is 6.54 Å². The van der Waals surface area contributed by atoms with Gasteiger partial charge in [0, 0.05) is 36.4 Å². The molecule has 1 aromatic heterocycles. The van der Waals surface area contributed by atoms with E-state index in [1.807, 2.05) is 13.3 Å². The summed E-state index contributed by atoms with van der Waals surface area (Å²) in [5.74, 6) is 1.04. The van der Waals surface area contributed by atoms with Crippen LogP contribution < -0.4 is 10.2 Å². The number of rotatable bonds is 6. The molecule has 1 aliphatic heterocycles. The van der Waals surface area contributed by atoms with Crippen molar-refractivity contribution < 1.29 is 0 Å². The summed E-state index contributed by atoms with van der Waals surface area (Å²) in [6.45, 7) is 9.47. The molecule has 0 saturated carbocycles. The number of hydrogen-bond acceptors (Lipinski definition) is 4. The lowest BCUT2D eigenvalue weighted by Crippen LogP contribution is -2.43. The van der Waals surface area contributed by atoms with Crippen LogP contribution >= 0.6 is 11.6 Å². The van der Waals surface area contributed by atoms with Crippen molar-refractivity contribution >= 4 is 17.3 Å². The van der Waals surface area contributed by atoms with Crippen LogP contribution in [0.15, 0.2) is 24.5 Å². The number of aromatic nitrogens is 3. The van der Waals surface area contributed by atoms with E-state index < -0.39 is 0 Å². The van der Waals surface area contributed by atoms with Gasteiger partial charge in [-0.2, -0.15) is 0 Å². The maximum atomic E-state index is 6.27. The summed E-state index contributed by atoms with van der Waals surface area (Å²) in [6.07, 6.45) is 5.17. The van der Waals surface area contributed by atoms with Crippen LogP contribution in [0, 0.1) is 6.92 Å². The Morgan fingerprint density at radius 2 is 2.08 bits per heavy atom. The van der Waals surface area contributed by atoms with Crippen molar-refractivity contribution in [2.45, 2.75) is 58.7 Å². The molecule has 3 rings (SSSR count). The number of aryl methyl sites for hydroxylation is 2. The standard InChI is InChI=1S/C19H28ClN5/c1-4-9-25-13-21-23-19(25)15(3)22-16-7-10-24(11-8-16)17-6-5-14(2)18(20)12-17/h5-6,12-13,15-16,22H,4,7-11H2,1-3H3. The number of benzene rings is 1. The van der Waals surface area contributed by atoms with Crippen LogP contribution in [0.1, 0.15) is 50.5 Å². The number of nitrogens with one attached hydrogen (secondary N) is 1. The van der Waals surface area contributed by atoms with E-state index in [1.54, 1.807) is 0 Å². The minimum absolute atomic E-state index is 0.222. The predicted molar refractivity (Wildman–Crippen MR) is 103 cm³/mol. The lowest BCUT2D eigenvalue weighted by atomic mass is 10.0. The Morgan fingerprint density at radius 1 is 1.32 bits per heavy atom. The molecule has 2 aromatic rings. The summed E-state index contributed by atoms with van der Waals surface area (Å²) < 4.78 is 2.15. The van der Waals surface area contributed by atoms with Crippen molar-refractivity contribution in [1.29, 1.82) is 0 Å². The normalized spacial score (nSPS) is 17.0. The average molecular weight is 362 g/mol. The zero-order valence-corrected chi connectivity index (χ0v) is 16.1. The highest BCUT2D eigenvalue weighted by molar-refractivity contribution is 6.31. The lowest BCUT2D eigenvalue weighted by Gasteiger charge is -2.35. The maximum absolute atomic E-state index is 6.27. The smallest absolute Gasteiger partial charge is 0.149 e. The minimum atomic E-state index is 0.222. The number of nitrogens with zero attached hydrogens (tertiary/aromatic N) is 4. The Labute approximate surface area is 155 Å². The molecule has 5 nitrogen and oxygen atoms in total. The monoisotopic (exact) mass is 361 g/mol. The van der Waals surface area contributed by atoms with Gasteiger partial charge in [-0.05, 0) is 50.8 Å². The van der Waals surface area contributed by atoms with Crippen molar-refractivity contribution in [2.24, 2.45) is 0 Å². The summed E-state index contributed by atoms with van der Waals surface area (Å²) >= 11 is 6.27. The van der Waals surface area contributed by atoms with Crippen LogP contribution in [0.5, 0.6) is 0 Å². The summed E-state index contributed by atoms with van der Waals surface area (Å²) in [6, 6.07) is 7.09. The first-order valence-electron chi connectivity index (χ1n) is 9.23. The second kappa shape index (κ2) is 8.19. The van der Waals surface area contributed by atoms with Gasteiger partial charge in [0.05, 0.1) is 6.04 Å². The first-order valence-corrected chi connectivity index (χ1v) is 9.61. The van der Waals surface area contributed by atoms with Crippen LogP contribution in [-0.4, -0.2) is 33.9 Å². The molecule has 136 valence electrons. The van der Waals surface area contributed by atoms with E-state index in [-0.39, 0.29) is 6.04 Å². The van der Waals surface area contributed by atoms with Gasteiger partial charge in [-0.15, -0.1) is 10.2 Å². The fraction of sp³-hybridized carbons (Fsp3) is 0.579. The van der Waals surface area contributed by atoms with Crippen molar-refractivity contribution in [2.75, 3.05) is 18.0 Å². The second-order valence-electron chi connectivity index (χ2n) is 6.97. The van der Waals surface area contributed by atoms with E-state index in [0.29, 0.717) is 6.04 Å². The zero-order valence-electron chi connectivity index (χ0n) is 15.4. The highest BCUT2D eigenvalue weighted by atomic mass is 35.5. The third-order valence-corrected chi connectivity index (χ3v) is 5.41. The molecule has 25 heavy (non-hydrogen) atoms. The van der Waals surface area contributed by atoms with Gasteiger partial charge < -0.3 is 14.8 Å². The van der Waals surface area contributed by atoms with Gasteiger partial charge in [-0.25, -0.2) is 0 Å². The molecule has 0 bridgehead atoms. The van der Waals surface area contributed by atoms with Crippen LogP contribution in [0.4, 0.5) is 5.69 Å². The molecule has 1 N–H and O–H groups in total. The minimum Gasteiger partial charge on any atom is -0.371 e. The van der Waals surface area contributed by atoms with Crippen LogP contribution in [0.2, 0.25) is 5.02 Å². The van der Waals surface area contributed by atoms with Crippen molar-refractivity contribution in [3.05, 3.63) is 40.9 Å². The molecule has 2 heterocycles. The first-order chi connectivity index (χ1) is 12.1. The maximum Gasteiger partial charge on any atom is 0.149 e. The van der Waals surface area contributed by atoms with Crippen molar-refractivity contribution in [3.63, 3.8) is 0 Å². The summed E-state index contributed by atoms with van der Waals surface area (Å²) in [5.41, 5.74) is 2.36. The van der Waals surface area contributed by atoms with Crippen molar-refractivity contribution in [1.82, 2.24) is 20.1 Å². The quantitative estimate of drug-likeness (QED) is 0.845. The number of piperidine rings is 1. The van der Waals surface area contributed by atoms with Gasteiger partial charge >= 0.3 is 0 Å². The predicted octanol–water partition coefficient (Wildman–Crippen LogP) is 3.97. The van der Waals surface area contributed by atoms with Gasteiger partial charge in [-0.3, -0.25) is 0 Å². The topological polar surface area (TPSA) is 46.0 Å². The number of halogens is 1. The molecule has 1 saturated heterocycles. The molecule has 1 aliphatic rings. The Morgan fingerprint density at radius 3 is 2.76 bits per heavy atom. The molecule has 0 spiro atoms. The highest BCUT2D eigenvalue weighted by Crippen LogP contribution is 2.26. The number of hydrogen-bond donors (Lipinski definition) is 1. The fourth-order valence-corrected chi connectivity index (χ4v) is 3.70. The molecular formula is C19H28ClN5. The molecule has 0 amide bonds. The van der Waals surface area contributed by atoms with E-state index >= 15 is 0 Å². The summed E-state index contributed by atoms with van der Waals surface area (Å²) in [4.78, 5) is 2.42. The van der Waals surface area contributed by atoms with Crippen molar-refractivity contribution in [3.8, 4) is 0 Å². The molecule has 1 unspecified atom stereocenters. The van der Waals surface area contributed by atoms with Gasteiger partial charge in [-0.1, -0.05) is 24.6 Å². The average Bonchev–Trinajstić information content (AvgIpc) is 3.07. The molecule has 6 heteroatoms. The first kappa shape index (κ1) is 18.2. The molecule has 1 atom stereocenters. The Hall–Kier alpha value is -1.59. The van der Waals surface area contributed by atoms with Crippen LogP contribution in [0.25, 0.3) is 0 Å². The molecular weight excluding hydrogens is 334 g/mol. The van der Waals surface area contributed by atoms with E-state index in [2.05, 4.69) is 57.0 Å². The largest absolute Gasteiger partial charge is 0.371 e. The zero-order chi connectivity index (χ0) is 17.8. The third-order valence-electron chi connectivity index (χ3n) is 5.00. The van der Waals surface area contributed by atoms with Crippen LogP contribution in [0.3, 0.4) is 0 Å². The Balaban J connectivity index is 1.55. The Kier molecular flexibility index (Phi) is 5.97. The second-order valence-corrected chi connectivity index (χ2v) is 7.37. The Bertz CT molecular complexity index is 691. The molecule has 1 aromatic carbocycles. The SMILES string of the molecule is CCCn1cnnc1C(C)NC1CCN(c2ccc(C)c(Cl)c2)CC1. The lowest BCUT2D eigenvalue weighted by molar-refractivity contribution is 0.367. The fourth-order valence-electron chi connectivity index (χ4n) is 3.52. The van der Waals surface area contributed by atoms with E-state index in [4.69, 9.17) is 11.6 Å². The molecule has 0 aliphatic carbocycles. The third kappa shape index (κ3) is 4.33. The summed E-state index contributed by atoms with van der Waals surface area (Å²) in [7, 11) is 0. The molecule has 1 fully saturated rings. The summed E-state index contributed by atoms with van der Waals surface area (Å²) in [5, 5.41) is 13.0. The molecule has 0 radical (unpaired) electrons. The number of anilines is 1. The van der Waals surface area contributed by atoms with Gasteiger partial charge in [0.25, 0.3) is 0 Å².